The average molecular weight is 212 g/mol. The summed E-state index contributed by atoms with van der Waals surface area (Å²) in [6, 6.07) is 3.76. The van der Waals surface area contributed by atoms with E-state index >= 15 is 0 Å². The zero-order valence-electron chi connectivity index (χ0n) is 8.87. The Balaban J connectivity index is 2.06. The molecule has 0 aliphatic carbocycles. The molecule has 0 aromatic carbocycles. The summed E-state index contributed by atoms with van der Waals surface area (Å²) in [4.78, 5) is 5.77. The molecule has 15 heavy (non-hydrogen) atoms. The number of rotatable bonds is 2. The number of hydrogen-bond donors (Lipinski definition) is 0. The zero-order valence-corrected chi connectivity index (χ0v) is 8.87. The normalized spacial score (nSPS) is 19.1. The number of hydrogen-bond acceptors (Lipinski definition) is 2. The van der Waals surface area contributed by atoms with E-state index in [-0.39, 0.29) is 13.1 Å². The topological polar surface area (TPSA) is 16.1 Å². The van der Waals surface area contributed by atoms with Gasteiger partial charge in [-0.25, -0.2) is 13.8 Å². The van der Waals surface area contributed by atoms with E-state index in [9.17, 15) is 8.78 Å². The Morgan fingerprint density at radius 3 is 2.40 bits per heavy atom. The monoisotopic (exact) mass is 212 g/mol. The fourth-order valence-corrected chi connectivity index (χ4v) is 1.60. The van der Waals surface area contributed by atoms with E-state index in [2.05, 4.69) is 18.8 Å². The summed E-state index contributed by atoms with van der Waals surface area (Å²) >= 11 is 0. The molecule has 2 rings (SSSR count). The quantitative estimate of drug-likeness (QED) is 0.749. The van der Waals surface area contributed by atoms with Crippen molar-refractivity contribution in [3.63, 3.8) is 0 Å². The lowest BCUT2D eigenvalue weighted by molar-refractivity contribution is -0.0267. The van der Waals surface area contributed by atoms with Crippen LogP contribution in [0.5, 0.6) is 0 Å². The molecule has 1 fully saturated rings. The van der Waals surface area contributed by atoms with Crippen LogP contribution >= 0.6 is 0 Å². The summed E-state index contributed by atoms with van der Waals surface area (Å²) in [7, 11) is 0. The van der Waals surface area contributed by atoms with Crippen molar-refractivity contribution in [1.82, 2.24) is 4.98 Å². The third kappa shape index (κ3) is 2.08. The van der Waals surface area contributed by atoms with Gasteiger partial charge in [-0.2, -0.15) is 0 Å². The van der Waals surface area contributed by atoms with Gasteiger partial charge in [0.25, 0.3) is 5.92 Å². The summed E-state index contributed by atoms with van der Waals surface area (Å²) < 4.78 is 25.2. The van der Waals surface area contributed by atoms with Crippen molar-refractivity contribution in [1.29, 1.82) is 0 Å². The second-order valence-corrected chi connectivity index (χ2v) is 4.32. The highest BCUT2D eigenvalue weighted by Gasteiger charge is 2.44. The first kappa shape index (κ1) is 10.3. The Morgan fingerprint density at radius 1 is 1.33 bits per heavy atom. The van der Waals surface area contributed by atoms with Gasteiger partial charge in [-0.3, -0.25) is 0 Å². The van der Waals surface area contributed by atoms with Crippen LogP contribution in [-0.2, 0) is 0 Å². The van der Waals surface area contributed by atoms with Gasteiger partial charge >= 0.3 is 0 Å². The molecule has 1 aliphatic rings. The van der Waals surface area contributed by atoms with Crippen molar-refractivity contribution in [2.24, 2.45) is 0 Å². The van der Waals surface area contributed by atoms with Gasteiger partial charge in [-0.1, -0.05) is 19.9 Å². The van der Waals surface area contributed by atoms with Crippen LogP contribution in [0.15, 0.2) is 18.3 Å². The van der Waals surface area contributed by atoms with Crippen LogP contribution in [0.25, 0.3) is 0 Å². The minimum absolute atomic E-state index is 0.207. The third-order valence-corrected chi connectivity index (χ3v) is 2.61. The Kier molecular flexibility index (Phi) is 2.37. The van der Waals surface area contributed by atoms with Crippen LogP contribution in [0.3, 0.4) is 0 Å². The summed E-state index contributed by atoms with van der Waals surface area (Å²) in [6.07, 6.45) is 1.76. The van der Waals surface area contributed by atoms with Crippen molar-refractivity contribution < 1.29 is 8.78 Å². The third-order valence-electron chi connectivity index (χ3n) is 2.61. The molecule has 2 heterocycles. The highest BCUT2D eigenvalue weighted by atomic mass is 19.3. The van der Waals surface area contributed by atoms with E-state index < -0.39 is 5.92 Å². The maximum absolute atomic E-state index is 12.6. The Labute approximate surface area is 87.9 Å². The van der Waals surface area contributed by atoms with Crippen LogP contribution in [0, 0.1) is 0 Å². The number of anilines is 1. The molecular weight excluding hydrogens is 198 g/mol. The molecule has 0 atom stereocenters. The van der Waals surface area contributed by atoms with Crippen LogP contribution < -0.4 is 4.90 Å². The van der Waals surface area contributed by atoms with Crippen molar-refractivity contribution in [3.8, 4) is 0 Å². The second-order valence-electron chi connectivity index (χ2n) is 4.32. The van der Waals surface area contributed by atoms with Crippen molar-refractivity contribution in [2.45, 2.75) is 25.7 Å². The molecule has 0 unspecified atom stereocenters. The summed E-state index contributed by atoms with van der Waals surface area (Å²) in [5.74, 6) is -1.46. The predicted octanol–water partition coefficient (Wildman–Crippen LogP) is 2.66. The van der Waals surface area contributed by atoms with Crippen LogP contribution in [0.4, 0.5) is 14.6 Å². The summed E-state index contributed by atoms with van der Waals surface area (Å²) in [5, 5.41) is 0. The molecule has 0 N–H and O–H groups in total. The minimum Gasteiger partial charge on any atom is -0.344 e. The van der Waals surface area contributed by atoms with E-state index in [4.69, 9.17) is 0 Å². The highest BCUT2D eigenvalue weighted by molar-refractivity contribution is 5.43. The maximum atomic E-state index is 12.6. The van der Waals surface area contributed by atoms with Gasteiger partial charge in [0, 0.05) is 6.20 Å². The number of nitrogens with zero attached hydrogens (tertiary/aromatic N) is 2. The Morgan fingerprint density at radius 2 is 2.00 bits per heavy atom. The number of alkyl halides is 2. The fourth-order valence-electron chi connectivity index (χ4n) is 1.60. The standard InChI is InChI=1S/C11H14F2N2/c1-8(2)9-3-4-10(14-5-9)15-6-11(12,13)7-15/h3-5,8H,6-7H2,1-2H3. The largest absolute Gasteiger partial charge is 0.344 e. The smallest absolute Gasteiger partial charge is 0.282 e. The summed E-state index contributed by atoms with van der Waals surface area (Å²) in [5.41, 5.74) is 1.13. The molecule has 0 radical (unpaired) electrons. The van der Waals surface area contributed by atoms with Gasteiger partial charge in [-0.15, -0.1) is 0 Å². The Hall–Kier alpha value is -1.19. The van der Waals surface area contributed by atoms with Gasteiger partial charge in [0.2, 0.25) is 0 Å². The molecule has 0 spiro atoms. The molecule has 1 saturated heterocycles. The molecule has 4 heteroatoms. The number of aromatic nitrogens is 1. The predicted molar refractivity (Wildman–Crippen MR) is 55.5 cm³/mol. The van der Waals surface area contributed by atoms with Crippen molar-refractivity contribution in [3.05, 3.63) is 23.9 Å². The minimum atomic E-state index is -2.53. The molecule has 1 aliphatic heterocycles. The highest BCUT2D eigenvalue weighted by Crippen LogP contribution is 2.30. The molecule has 1 aromatic rings. The van der Waals surface area contributed by atoms with Crippen LogP contribution in [-0.4, -0.2) is 24.0 Å². The summed E-state index contributed by atoms with van der Waals surface area (Å²) in [6.45, 7) is 3.74. The number of halogens is 2. The first-order valence-corrected chi connectivity index (χ1v) is 5.07. The molecule has 0 saturated carbocycles. The molecule has 1 aromatic heterocycles. The molecular formula is C11H14F2N2. The lowest BCUT2D eigenvalue weighted by Crippen LogP contribution is -2.56. The van der Waals surface area contributed by atoms with Crippen molar-refractivity contribution >= 4 is 5.82 Å². The van der Waals surface area contributed by atoms with Gasteiger partial charge in [0.15, 0.2) is 0 Å². The molecule has 82 valence electrons. The van der Waals surface area contributed by atoms with E-state index in [0.29, 0.717) is 11.7 Å². The SMILES string of the molecule is CC(C)c1ccc(N2CC(F)(F)C2)nc1. The Bertz CT molecular complexity index is 338. The molecule has 2 nitrogen and oxygen atoms in total. The lowest BCUT2D eigenvalue weighted by atomic mass is 10.1. The van der Waals surface area contributed by atoms with Gasteiger partial charge in [0.1, 0.15) is 5.82 Å². The van der Waals surface area contributed by atoms with Gasteiger partial charge in [-0.05, 0) is 17.5 Å². The molecule has 0 bridgehead atoms. The average Bonchev–Trinajstić information content (AvgIpc) is 2.14. The zero-order chi connectivity index (χ0) is 11.1. The van der Waals surface area contributed by atoms with E-state index in [1.54, 1.807) is 11.1 Å². The van der Waals surface area contributed by atoms with Gasteiger partial charge < -0.3 is 4.90 Å². The van der Waals surface area contributed by atoms with Crippen LogP contribution in [0.1, 0.15) is 25.3 Å². The lowest BCUT2D eigenvalue weighted by Gasteiger charge is -2.39. The van der Waals surface area contributed by atoms with E-state index in [1.807, 2.05) is 12.1 Å². The fraction of sp³-hybridized carbons (Fsp3) is 0.545. The first-order chi connectivity index (χ1) is 6.98. The second kappa shape index (κ2) is 3.43. The number of pyridine rings is 1. The first-order valence-electron chi connectivity index (χ1n) is 5.07. The van der Waals surface area contributed by atoms with E-state index in [0.717, 1.165) is 5.56 Å². The van der Waals surface area contributed by atoms with E-state index in [1.165, 1.54) is 0 Å². The van der Waals surface area contributed by atoms with Gasteiger partial charge in [0.05, 0.1) is 13.1 Å². The molecule has 0 amide bonds. The maximum Gasteiger partial charge on any atom is 0.282 e. The van der Waals surface area contributed by atoms with Crippen LogP contribution in [0.2, 0.25) is 0 Å². The van der Waals surface area contributed by atoms with Crippen molar-refractivity contribution in [2.75, 3.05) is 18.0 Å².